The van der Waals surface area contributed by atoms with Gasteiger partial charge in [-0.25, -0.2) is 0 Å². The average molecular weight is 495 g/mol. The maximum absolute atomic E-state index is 12.2. The van der Waals surface area contributed by atoms with E-state index in [0.717, 1.165) is 17.5 Å². The van der Waals surface area contributed by atoms with Crippen molar-refractivity contribution in [1.82, 2.24) is 0 Å². The molecule has 0 bridgehead atoms. The molecule has 0 fully saturated rings. The number of rotatable bonds is 7. The molecule has 188 valence electrons. The highest BCUT2D eigenvalue weighted by molar-refractivity contribution is 7.86. The highest BCUT2D eigenvalue weighted by atomic mass is 32.2. The normalized spacial score (nSPS) is 14.5. The molecule has 0 saturated carbocycles. The van der Waals surface area contributed by atoms with Gasteiger partial charge in [0.2, 0.25) is 0 Å². The van der Waals surface area contributed by atoms with Crippen molar-refractivity contribution in [2.45, 2.75) is 77.0 Å². The summed E-state index contributed by atoms with van der Waals surface area (Å²) < 4.78 is 34.2. The quantitative estimate of drug-likeness (QED) is 0.331. The second kappa shape index (κ2) is 9.79. The predicted octanol–water partition coefficient (Wildman–Crippen LogP) is 7.66. The van der Waals surface area contributed by atoms with Crippen LogP contribution in [0.5, 0.6) is 5.75 Å². The summed E-state index contributed by atoms with van der Waals surface area (Å²) in [4.78, 5) is -0.437. The van der Waals surface area contributed by atoms with Crippen molar-refractivity contribution < 1.29 is 18.1 Å². The van der Waals surface area contributed by atoms with Gasteiger partial charge in [0, 0.05) is 17.4 Å². The van der Waals surface area contributed by atoms with Crippen LogP contribution in [-0.2, 0) is 15.5 Å². The Morgan fingerprint density at radius 3 is 1.74 bits per heavy atom. The monoisotopic (exact) mass is 494 g/mol. The van der Waals surface area contributed by atoms with Crippen LogP contribution in [0.2, 0.25) is 0 Å². The molecule has 2 N–H and O–H groups in total. The summed E-state index contributed by atoms with van der Waals surface area (Å²) >= 11 is 0. The lowest BCUT2D eigenvalue weighted by molar-refractivity contribution is 0.283. The maximum atomic E-state index is 12.2. The van der Waals surface area contributed by atoms with Crippen molar-refractivity contribution in [2.75, 3.05) is 0 Å². The van der Waals surface area contributed by atoms with Gasteiger partial charge in [-0.1, -0.05) is 109 Å². The minimum absolute atomic E-state index is 0.0106. The van der Waals surface area contributed by atoms with Crippen LogP contribution in [-0.4, -0.2) is 18.1 Å². The fourth-order valence-corrected chi connectivity index (χ4v) is 5.80. The van der Waals surface area contributed by atoms with Crippen LogP contribution in [0, 0.1) is 5.41 Å². The molecule has 0 amide bonds. The zero-order valence-corrected chi connectivity index (χ0v) is 22.6. The molecular formula is C30H38O4S. The highest BCUT2D eigenvalue weighted by Crippen LogP contribution is 2.43. The molecule has 0 radical (unpaired) electrons. The molecular weight excluding hydrogens is 456 g/mol. The molecule has 2 atom stereocenters. The molecule has 0 aromatic heterocycles. The lowest BCUT2D eigenvalue weighted by Crippen LogP contribution is -2.25. The minimum Gasteiger partial charge on any atom is -0.506 e. The van der Waals surface area contributed by atoms with Crippen molar-refractivity contribution in [3.8, 4) is 5.75 Å². The van der Waals surface area contributed by atoms with E-state index in [2.05, 4.69) is 65.8 Å². The van der Waals surface area contributed by atoms with Crippen LogP contribution in [0.1, 0.15) is 94.5 Å². The van der Waals surface area contributed by atoms with Gasteiger partial charge in [0.15, 0.2) is 0 Å². The number of hydrogen-bond donors (Lipinski definition) is 2. The Morgan fingerprint density at radius 2 is 1.26 bits per heavy atom. The van der Waals surface area contributed by atoms with Gasteiger partial charge in [-0.15, -0.1) is 0 Å². The number of aromatic hydroxyl groups is 1. The first-order chi connectivity index (χ1) is 16.1. The number of phenols is 1. The molecule has 0 aliphatic carbocycles. The standard InChI is InChI=1S/C30H38O4S/c1-20(22-11-9-8-10-12-22)23-13-15-24(16-14-23)21(2)26-17-25(30(6,7)19-29(3,4)5)18-27(28(26)31)35(32,33)34/h8-18,20-21,31H,19H2,1-7H3,(H,32,33,34). The van der Waals surface area contributed by atoms with Gasteiger partial charge in [0.05, 0.1) is 0 Å². The third kappa shape index (κ3) is 6.33. The minimum atomic E-state index is -4.60. The van der Waals surface area contributed by atoms with E-state index in [1.165, 1.54) is 17.2 Å². The molecule has 0 aliphatic heterocycles. The third-order valence-corrected chi connectivity index (χ3v) is 7.71. The summed E-state index contributed by atoms with van der Waals surface area (Å²) in [5.74, 6) is -0.430. The van der Waals surface area contributed by atoms with Crippen molar-refractivity contribution in [3.63, 3.8) is 0 Å². The van der Waals surface area contributed by atoms with Gasteiger partial charge < -0.3 is 5.11 Å². The van der Waals surface area contributed by atoms with Crippen LogP contribution < -0.4 is 0 Å². The fraction of sp³-hybridized carbons (Fsp3) is 0.400. The van der Waals surface area contributed by atoms with E-state index in [4.69, 9.17) is 0 Å². The number of benzene rings is 3. The van der Waals surface area contributed by atoms with Crippen molar-refractivity contribution >= 4 is 10.1 Å². The van der Waals surface area contributed by atoms with Crippen molar-refractivity contribution in [3.05, 3.63) is 94.5 Å². The Bertz CT molecular complexity index is 1270. The first kappa shape index (κ1) is 27.0. The Morgan fingerprint density at radius 1 is 0.771 bits per heavy atom. The summed E-state index contributed by atoms with van der Waals surface area (Å²) in [7, 11) is -4.60. The van der Waals surface area contributed by atoms with Crippen LogP contribution in [0.3, 0.4) is 0 Å². The fourth-order valence-electron chi connectivity index (χ4n) is 5.16. The predicted molar refractivity (Wildman–Crippen MR) is 143 cm³/mol. The first-order valence-electron chi connectivity index (χ1n) is 12.1. The SMILES string of the molecule is CC(c1ccccc1)c1ccc(C(C)c2cc(C(C)(C)CC(C)(C)C)cc(S(=O)(=O)O)c2O)cc1. The van der Waals surface area contributed by atoms with Gasteiger partial charge in [-0.2, -0.15) is 8.42 Å². The second-order valence-electron chi connectivity index (χ2n) is 11.5. The van der Waals surface area contributed by atoms with Crippen LogP contribution in [0.25, 0.3) is 0 Å². The van der Waals surface area contributed by atoms with E-state index in [9.17, 15) is 18.1 Å². The lowest BCUT2D eigenvalue weighted by Gasteiger charge is -2.34. The Labute approximate surface area is 210 Å². The van der Waals surface area contributed by atoms with Gasteiger partial charge in [-0.05, 0) is 45.6 Å². The Kier molecular flexibility index (Phi) is 7.54. The van der Waals surface area contributed by atoms with Crippen molar-refractivity contribution in [1.29, 1.82) is 0 Å². The van der Waals surface area contributed by atoms with E-state index in [0.29, 0.717) is 5.56 Å². The van der Waals surface area contributed by atoms with E-state index < -0.39 is 20.8 Å². The lowest BCUT2D eigenvalue weighted by atomic mass is 9.71. The smallest absolute Gasteiger partial charge is 0.298 e. The van der Waals surface area contributed by atoms with Crippen molar-refractivity contribution in [2.24, 2.45) is 5.41 Å². The van der Waals surface area contributed by atoms with E-state index >= 15 is 0 Å². The van der Waals surface area contributed by atoms with E-state index in [1.807, 2.05) is 43.3 Å². The summed E-state index contributed by atoms with van der Waals surface area (Å²) in [6, 6.07) is 21.8. The molecule has 2 unspecified atom stereocenters. The largest absolute Gasteiger partial charge is 0.506 e. The molecule has 0 spiro atoms. The molecule has 0 saturated heterocycles. The molecule has 4 nitrogen and oxygen atoms in total. The highest BCUT2D eigenvalue weighted by Gasteiger charge is 2.31. The molecule has 3 aromatic carbocycles. The molecule has 0 heterocycles. The van der Waals surface area contributed by atoms with Gasteiger partial charge >= 0.3 is 0 Å². The van der Waals surface area contributed by atoms with Gasteiger partial charge in [0.25, 0.3) is 10.1 Å². The summed E-state index contributed by atoms with van der Waals surface area (Å²) in [5.41, 5.74) is 4.27. The number of hydrogen-bond acceptors (Lipinski definition) is 3. The summed E-state index contributed by atoms with van der Waals surface area (Å²) in [6.07, 6.45) is 0.801. The van der Waals surface area contributed by atoms with Crippen LogP contribution in [0.15, 0.2) is 71.6 Å². The van der Waals surface area contributed by atoms with E-state index in [-0.39, 0.29) is 22.7 Å². The summed E-state index contributed by atoms with van der Waals surface area (Å²) in [5, 5.41) is 10.9. The first-order valence-corrected chi connectivity index (χ1v) is 13.5. The average Bonchev–Trinajstić information content (AvgIpc) is 2.76. The topological polar surface area (TPSA) is 74.6 Å². The second-order valence-corrected chi connectivity index (χ2v) is 12.9. The summed E-state index contributed by atoms with van der Waals surface area (Å²) in [6.45, 7) is 14.7. The molecule has 0 aliphatic rings. The Balaban J connectivity index is 2.04. The van der Waals surface area contributed by atoms with Gasteiger partial charge in [-0.3, -0.25) is 4.55 Å². The molecule has 3 aromatic rings. The van der Waals surface area contributed by atoms with Crippen LogP contribution in [0.4, 0.5) is 0 Å². The Hall–Kier alpha value is -2.63. The zero-order valence-electron chi connectivity index (χ0n) is 21.8. The molecule has 35 heavy (non-hydrogen) atoms. The van der Waals surface area contributed by atoms with E-state index in [1.54, 1.807) is 0 Å². The molecule has 3 rings (SSSR count). The molecule has 5 heteroatoms. The third-order valence-electron chi connectivity index (χ3n) is 6.84. The zero-order chi connectivity index (χ0) is 26.2. The maximum Gasteiger partial charge on any atom is 0.298 e. The van der Waals surface area contributed by atoms with Crippen LogP contribution >= 0.6 is 0 Å². The number of phenolic OH excluding ortho intramolecular Hbond substituents is 1. The van der Waals surface area contributed by atoms with Gasteiger partial charge in [0.1, 0.15) is 10.6 Å².